The minimum Gasteiger partial charge on any atom is -0.486 e. The third-order valence-electron chi connectivity index (χ3n) is 4.75. The fourth-order valence-corrected chi connectivity index (χ4v) is 4.88. The van der Waals surface area contributed by atoms with Gasteiger partial charge in [-0.25, -0.2) is 22.5 Å². The molecule has 3 N–H and O–H groups in total. The van der Waals surface area contributed by atoms with Crippen molar-refractivity contribution in [2.45, 2.75) is 16.6 Å². The molecule has 12 heteroatoms. The van der Waals surface area contributed by atoms with Crippen molar-refractivity contribution in [1.82, 2.24) is 4.31 Å². The van der Waals surface area contributed by atoms with Crippen LogP contribution < -0.4 is 10.5 Å². The predicted molar refractivity (Wildman–Crippen MR) is 115 cm³/mol. The number of aliphatic hydroxyl groups is 1. The number of hydrogen-bond acceptors (Lipinski definition) is 5. The Bertz CT molecular complexity index is 1180. The minimum absolute atomic E-state index is 0. The van der Waals surface area contributed by atoms with Gasteiger partial charge in [0.25, 0.3) is 0 Å². The summed E-state index contributed by atoms with van der Waals surface area (Å²) in [7, 11) is -4.17. The van der Waals surface area contributed by atoms with Gasteiger partial charge in [0.15, 0.2) is 0 Å². The molecule has 8 nitrogen and oxygen atoms in total. The highest BCUT2D eigenvalue weighted by Crippen LogP contribution is 2.35. The topological polar surface area (TPSA) is 102 Å². The molecule has 0 bridgehead atoms. The van der Waals surface area contributed by atoms with Crippen LogP contribution in [0, 0.1) is 19.0 Å². The number of rotatable bonds is 5. The molecule has 0 spiro atoms. The molecule has 0 aromatic heterocycles. The molecule has 2 aromatic carbocycles. The standard InChI is InChI=1S/C19H16ClFN4O4S.ClH/c1-23-15-5-4-13(8-14(15)21)29-18-9-25(11-19(18,26)10-22)30(27,28)17-6-3-12(20)7-16(17)24-2;/h3-8,18,26H,9-11,22H2;1H/t18-,19+;/m0./s1. The first-order valence-corrected chi connectivity index (χ1v) is 10.4. The van der Waals surface area contributed by atoms with E-state index < -0.39 is 27.5 Å². The molecule has 164 valence electrons. The van der Waals surface area contributed by atoms with Crippen LogP contribution in [0.15, 0.2) is 41.3 Å². The average Bonchev–Trinajstić information content (AvgIpc) is 3.05. The minimum atomic E-state index is -4.17. The number of hydrogen-bond donors (Lipinski definition) is 2. The normalized spacial score (nSPS) is 21.0. The zero-order valence-corrected chi connectivity index (χ0v) is 18.2. The Labute approximate surface area is 190 Å². The number of benzene rings is 2. The van der Waals surface area contributed by atoms with E-state index in [2.05, 4.69) is 9.69 Å². The van der Waals surface area contributed by atoms with Crippen LogP contribution in [0.1, 0.15) is 0 Å². The molecule has 0 radical (unpaired) electrons. The van der Waals surface area contributed by atoms with E-state index in [4.69, 9.17) is 35.2 Å². The van der Waals surface area contributed by atoms with E-state index in [9.17, 15) is 17.9 Å². The van der Waals surface area contributed by atoms with Gasteiger partial charge in [-0.1, -0.05) is 17.7 Å². The number of ether oxygens (including phenoxy) is 1. The molecule has 0 amide bonds. The summed E-state index contributed by atoms with van der Waals surface area (Å²) in [5.74, 6) is -0.784. The van der Waals surface area contributed by atoms with Gasteiger partial charge in [0.2, 0.25) is 21.4 Å². The smallest absolute Gasteiger partial charge is 0.233 e. The number of halogens is 3. The summed E-state index contributed by atoms with van der Waals surface area (Å²) in [4.78, 5) is 5.98. The summed E-state index contributed by atoms with van der Waals surface area (Å²) in [6.45, 7) is 13.1. The largest absolute Gasteiger partial charge is 0.486 e. The highest BCUT2D eigenvalue weighted by atomic mass is 35.5. The second kappa shape index (κ2) is 9.37. The van der Waals surface area contributed by atoms with Gasteiger partial charge < -0.3 is 15.6 Å². The monoisotopic (exact) mass is 486 g/mol. The molecule has 0 aliphatic carbocycles. The summed E-state index contributed by atoms with van der Waals surface area (Å²) >= 11 is 5.84. The van der Waals surface area contributed by atoms with Gasteiger partial charge in [-0.15, -0.1) is 12.4 Å². The second-order valence-corrected chi connectivity index (χ2v) is 9.00. The Morgan fingerprint density at radius 1 is 1.26 bits per heavy atom. The Kier molecular flexibility index (Phi) is 7.50. The highest BCUT2D eigenvalue weighted by molar-refractivity contribution is 7.89. The van der Waals surface area contributed by atoms with E-state index in [1.54, 1.807) is 0 Å². The maximum Gasteiger partial charge on any atom is 0.233 e. The van der Waals surface area contributed by atoms with Crippen LogP contribution in [0.2, 0.25) is 5.02 Å². The summed E-state index contributed by atoms with van der Waals surface area (Å²) in [5, 5.41) is 11.1. The van der Waals surface area contributed by atoms with Crippen LogP contribution in [0.5, 0.6) is 5.75 Å². The van der Waals surface area contributed by atoms with Gasteiger partial charge in [0.1, 0.15) is 23.3 Å². The molecule has 1 fully saturated rings. The molecule has 1 heterocycles. The van der Waals surface area contributed by atoms with Crippen LogP contribution in [0.4, 0.5) is 15.8 Å². The first-order valence-electron chi connectivity index (χ1n) is 8.58. The second-order valence-electron chi connectivity index (χ2n) is 6.66. The SMILES string of the molecule is Cl.[C-]#[N+]c1ccc(O[C@H]2CN(S(=O)(=O)c3ccc(Cl)cc3[N+]#[C-])C[C@]2(O)CN)cc1F. The van der Waals surface area contributed by atoms with Gasteiger partial charge in [0, 0.05) is 24.2 Å². The lowest BCUT2D eigenvalue weighted by atomic mass is 10.0. The van der Waals surface area contributed by atoms with Gasteiger partial charge in [-0.05, 0) is 24.3 Å². The zero-order chi connectivity index (χ0) is 22.1. The maximum absolute atomic E-state index is 13.9. The number of sulfonamides is 1. The van der Waals surface area contributed by atoms with Crippen LogP contribution in [0.25, 0.3) is 9.69 Å². The van der Waals surface area contributed by atoms with Crippen molar-refractivity contribution in [3.8, 4) is 5.75 Å². The molecular formula is C19H17Cl2FN4O4S. The van der Waals surface area contributed by atoms with Gasteiger partial charge in [-0.2, -0.15) is 4.31 Å². The molecule has 0 unspecified atom stereocenters. The molecule has 31 heavy (non-hydrogen) atoms. The molecule has 2 atom stereocenters. The molecule has 1 aliphatic rings. The summed E-state index contributed by atoms with van der Waals surface area (Å²) in [5.41, 5.74) is 3.59. The van der Waals surface area contributed by atoms with Crippen molar-refractivity contribution in [3.05, 3.63) is 70.1 Å². The Balaban J connectivity index is 0.00000341. The first kappa shape index (κ1) is 24.8. The average molecular weight is 487 g/mol. The zero-order valence-electron chi connectivity index (χ0n) is 15.8. The van der Waals surface area contributed by atoms with Crippen molar-refractivity contribution >= 4 is 45.4 Å². The quantitative estimate of drug-likeness (QED) is 0.632. The van der Waals surface area contributed by atoms with Crippen molar-refractivity contribution in [3.63, 3.8) is 0 Å². The predicted octanol–water partition coefficient (Wildman–Crippen LogP) is 3.14. The molecule has 1 aliphatic heterocycles. The lowest BCUT2D eigenvalue weighted by Crippen LogP contribution is -2.50. The van der Waals surface area contributed by atoms with E-state index >= 15 is 0 Å². The van der Waals surface area contributed by atoms with Gasteiger partial charge >= 0.3 is 0 Å². The van der Waals surface area contributed by atoms with Gasteiger partial charge in [-0.3, -0.25) is 0 Å². The molecule has 1 saturated heterocycles. The van der Waals surface area contributed by atoms with Crippen molar-refractivity contribution in [2.75, 3.05) is 19.6 Å². The lowest BCUT2D eigenvalue weighted by Gasteiger charge is -2.27. The van der Waals surface area contributed by atoms with Crippen LogP contribution in [0.3, 0.4) is 0 Å². The lowest BCUT2D eigenvalue weighted by molar-refractivity contribution is -0.0200. The van der Waals surface area contributed by atoms with Crippen LogP contribution in [-0.4, -0.2) is 49.2 Å². The first-order chi connectivity index (χ1) is 14.1. The van der Waals surface area contributed by atoms with Crippen molar-refractivity contribution in [1.29, 1.82) is 0 Å². The molecule has 3 rings (SSSR count). The van der Waals surface area contributed by atoms with Crippen LogP contribution in [-0.2, 0) is 10.0 Å². The third-order valence-corrected chi connectivity index (χ3v) is 6.84. The Morgan fingerprint density at radius 2 is 1.94 bits per heavy atom. The maximum atomic E-state index is 13.9. The van der Waals surface area contributed by atoms with E-state index in [0.29, 0.717) is 0 Å². The fourth-order valence-electron chi connectivity index (χ4n) is 3.10. The molecular weight excluding hydrogens is 470 g/mol. The molecule has 2 aromatic rings. The fraction of sp³-hybridized carbons (Fsp3) is 0.263. The van der Waals surface area contributed by atoms with E-state index in [-0.39, 0.29) is 59.1 Å². The third kappa shape index (κ3) is 4.75. The van der Waals surface area contributed by atoms with Crippen molar-refractivity contribution in [2.24, 2.45) is 5.73 Å². The number of nitrogens with two attached hydrogens (primary N) is 1. The van der Waals surface area contributed by atoms with E-state index in [1.165, 1.54) is 30.3 Å². The summed E-state index contributed by atoms with van der Waals surface area (Å²) in [6.07, 6.45) is -1.10. The highest BCUT2D eigenvalue weighted by Gasteiger charge is 2.50. The summed E-state index contributed by atoms with van der Waals surface area (Å²) < 4.78 is 46.7. The number of β-amino-alcohol motifs (C(OH)–C–C–N with tert-alkyl or cyclic N) is 1. The summed E-state index contributed by atoms with van der Waals surface area (Å²) in [6, 6.07) is 7.36. The molecule has 0 saturated carbocycles. The Hall–Kier alpha value is -2.44. The van der Waals surface area contributed by atoms with Crippen molar-refractivity contribution < 1.29 is 22.7 Å². The Morgan fingerprint density at radius 3 is 2.52 bits per heavy atom. The van der Waals surface area contributed by atoms with E-state index in [1.807, 2.05) is 0 Å². The van der Waals surface area contributed by atoms with Crippen LogP contribution >= 0.6 is 24.0 Å². The van der Waals surface area contributed by atoms with E-state index in [0.717, 1.165) is 10.4 Å². The van der Waals surface area contributed by atoms with Gasteiger partial charge in [0.05, 0.1) is 24.6 Å². The number of nitrogens with zero attached hydrogens (tertiary/aromatic N) is 3.